The van der Waals surface area contributed by atoms with Crippen LogP contribution >= 0.6 is 23.1 Å². The Morgan fingerprint density at radius 1 is 1.13 bits per heavy atom. The average molecular weight is 449 g/mol. The summed E-state index contributed by atoms with van der Waals surface area (Å²) < 4.78 is 0. The van der Waals surface area contributed by atoms with Gasteiger partial charge in [0.2, 0.25) is 0 Å². The molecule has 0 saturated carbocycles. The first-order valence-electron chi connectivity index (χ1n) is 10.9. The van der Waals surface area contributed by atoms with Crippen LogP contribution in [0, 0.1) is 0 Å². The average Bonchev–Trinajstić information content (AvgIpc) is 3.56. The van der Waals surface area contributed by atoms with Gasteiger partial charge in [0.1, 0.15) is 28.6 Å². The topological polar surface area (TPSA) is 70.6 Å². The monoisotopic (exact) mass is 448 g/mol. The van der Waals surface area contributed by atoms with Gasteiger partial charge in [0, 0.05) is 28.8 Å². The predicted molar refractivity (Wildman–Crippen MR) is 126 cm³/mol. The number of thioether (sulfide) groups is 1. The standard InChI is InChI=1S/C23H24N6S2/c1-2-7-16(8-3-1)30-13-19-26-22(20-17-9-4-10-18(17)31-23(20)27-19)29-11-5-6-15(12-29)21-24-14-25-28-21/h1-3,7-8,14-15H,4-6,9-13H2,(H,24,25,28). The molecule has 2 aliphatic rings. The first-order valence-corrected chi connectivity index (χ1v) is 12.7. The van der Waals surface area contributed by atoms with Crippen molar-refractivity contribution in [1.29, 1.82) is 0 Å². The number of rotatable bonds is 5. The van der Waals surface area contributed by atoms with Crippen molar-refractivity contribution in [2.75, 3.05) is 18.0 Å². The van der Waals surface area contributed by atoms with Gasteiger partial charge in [-0.2, -0.15) is 5.10 Å². The van der Waals surface area contributed by atoms with Crippen LogP contribution in [-0.4, -0.2) is 38.2 Å². The van der Waals surface area contributed by atoms with Crippen molar-refractivity contribution in [2.45, 2.75) is 48.7 Å². The normalized spacial score (nSPS) is 18.6. The Balaban J connectivity index is 1.36. The van der Waals surface area contributed by atoms with Crippen LogP contribution < -0.4 is 4.90 Å². The number of anilines is 1. The van der Waals surface area contributed by atoms with Gasteiger partial charge in [-0.1, -0.05) is 18.2 Å². The van der Waals surface area contributed by atoms with Gasteiger partial charge in [0.05, 0.1) is 11.1 Å². The number of piperidine rings is 1. The lowest BCUT2D eigenvalue weighted by atomic mass is 9.97. The molecule has 1 aliphatic carbocycles. The summed E-state index contributed by atoms with van der Waals surface area (Å²) in [6.45, 7) is 1.96. The summed E-state index contributed by atoms with van der Waals surface area (Å²) in [5.74, 6) is 4.21. The molecule has 1 atom stereocenters. The summed E-state index contributed by atoms with van der Waals surface area (Å²) in [5, 5.41) is 8.46. The predicted octanol–water partition coefficient (Wildman–Crippen LogP) is 4.97. The SMILES string of the molecule is c1ccc(SCc2nc(N3CCCC(c4ncn[nH]4)C3)c3c4c(sc3n2)CCC4)cc1. The van der Waals surface area contributed by atoms with E-state index >= 15 is 0 Å². The van der Waals surface area contributed by atoms with Crippen LogP contribution in [0.5, 0.6) is 0 Å². The van der Waals surface area contributed by atoms with E-state index in [0.717, 1.165) is 55.6 Å². The number of benzene rings is 1. The van der Waals surface area contributed by atoms with Crippen molar-refractivity contribution in [1.82, 2.24) is 25.1 Å². The van der Waals surface area contributed by atoms with E-state index in [1.54, 1.807) is 18.1 Å². The number of fused-ring (bicyclic) bond motifs is 3. The van der Waals surface area contributed by atoms with E-state index in [4.69, 9.17) is 9.97 Å². The summed E-state index contributed by atoms with van der Waals surface area (Å²) in [5.41, 5.74) is 1.50. The number of H-pyrrole nitrogens is 1. The van der Waals surface area contributed by atoms with Crippen molar-refractivity contribution in [3.8, 4) is 0 Å². The van der Waals surface area contributed by atoms with Gasteiger partial charge in [-0.25, -0.2) is 15.0 Å². The van der Waals surface area contributed by atoms with Crippen LogP contribution in [0.25, 0.3) is 10.2 Å². The molecule has 8 heteroatoms. The minimum atomic E-state index is 0.370. The third-order valence-corrected chi connectivity index (χ3v) is 8.44. The summed E-state index contributed by atoms with van der Waals surface area (Å²) in [6, 6.07) is 10.5. The molecule has 31 heavy (non-hydrogen) atoms. The van der Waals surface area contributed by atoms with E-state index in [2.05, 4.69) is 50.4 Å². The molecule has 1 N–H and O–H groups in total. The number of hydrogen-bond acceptors (Lipinski definition) is 7. The number of thiophene rings is 1. The highest BCUT2D eigenvalue weighted by atomic mass is 32.2. The maximum atomic E-state index is 5.16. The van der Waals surface area contributed by atoms with Crippen LogP contribution in [-0.2, 0) is 18.6 Å². The van der Waals surface area contributed by atoms with Crippen molar-refractivity contribution in [3.05, 3.63) is 58.7 Å². The quantitative estimate of drug-likeness (QED) is 0.435. The first kappa shape index (κ1) is 19.3. The van der Waals surface area contributed by atoms with Crippen LogP contribution in [0.3, 0.4) is 0 Å². The highest BCUT2D eigenvalue weighted by Crippen LogP contribution is 2.42. The Labute approximate surface area is 189 Å². The lowest BCUT2D eigenvalue weighted by molar-refractivity contribution is 0.490. The van der Waals surface area contributed by atoms with Crippen LogP contribution in [0.4, 0.5) is 5.82 Å². The molecule has 0 bridgehead atoms. The molecule has 1 fully saturated rings. The largest absolute Gasteiger partial charge is 0.355 e. The Hall–Kier alpha value is -2.45. The highest BCUT2D eigenvalue weighted by molar-refractivity contribution is 7.98. The third-order valence-electron chi connectivity index (χ3n) is 6.24. The summed E-state index contributed by atoms with van der Waals surface area (Å²) in [7, 11) is 0. The minimum Gasteiger partial charge on any atom is -0.355 e. The Morgan fingerprint density at radius 2 is 2.06 bits per heavy atom. The molecule has 0 spiro atoms. The van der Waals surface area contributed by atoms with Gasteiger partial charge in [-0.15, -0.1) is 23.1 Å². The molecule has 0 amide bonds. The summed E-state index contributed by atoms with van der Waals surface area (Å²) in [6.07, 6.45) is 7.48. The van der Waals surface area contributed by atoms with Crippen molar-refractivity contribution >= 4 is 39.1 Å². The fourth-order valence-electron chi connectivity index (χ4n) is 4.78. The molecule has 0 radical (unpaired) electrons. The molecule has 6 rings (SSSR count). The van der Waals surface area contributed by atoms with Gasteiger partial charge in [-0.3, -0.25) is 5.10 Å². The summed E-state index contributed by atoms with van der Waals surface area (Å²) in [4.78, 5) is 21.0. The van der Waals surface area contributed by atoms with Crippen molar-refractivity contribution in [2.24, 2.45) is 0 Å². The van der Waals surface area contributed by atoms with E-state index in [1.807, 2.05) is 11.3 Å². The molecule has 1 aromatic carbocycles. The second-order valence-corrected chi connectivity index (χ2v) is 10.4. The maximum Gasteiger partial charge on any atom is 0.142 e. The summed E-state index contributed by atoms with van der Waals surface area (Å²) >= 11 is 3.69. The molecule has 1 saturated heterocycles. The van der Waals surface area contributed by atoms with Crippen molar-refractivity contribution in [3.63, 3.8) is 0 Å². The zero-order valence-electron chi connectivity index (χ0n) is 17.3. The number of aromatic amines is 1. The zero-order valence-corrected chi connectivity index (χ0v) is 18.9. The number of aromatic nitrogens is 5. The van der Waals surface area contributed by atoms with Gasteiger partial charge in [0.15, 0.2) is 0 Å². The number of aryl methyl sites for hydroxylation is 2. The maximum absolute atomic E-state index is 5.16. The Morgan fingerprint density at radius 3 is 2.94 bits per heavy atom. The van der Waals surface area contributed by atoms with Gasteiger partial charge in [-0.05, 0) is 49.8 Å². The molecule has 4 aromatic rings. The Kier molecular flexibility index (Phi) is 5.12. The molecule has 4 heterocycles. The van der Waals surface area contributed by atoms with E-state index in [9.17, 15) is 0 Å². The van der Waals surface area contributed by atoms with E-state index in [1.165, 1.54) is 38.4 Å². The highest BCUT2D eigenvalue weighted by Gasteiger charge is 2.29. The fourth-order valence-corrected chi connectivity index (χ4v) is 6.83. The third kappa shape index (κ3) is 3.72. The minimum absolute atomic E-state index is 0.370. The second-order valence-electron chi connectivity index (χ2n) is 8.26. The molecular formula is C23H24N6S2. The van der Waals surface area contributed by atoms with Crippen LogP contribution in [0.2, 0.25) is 0 Å². The van der Waals surface area contributed by atoms with Gasteiger partial charge in [0.25, 0.3) is 0 Å². The van der Waals surface area contributed by atoms with Crippen LogP contribution in [0.15, 0.2) is 41.6 Å². The molecule has 3 aromatic heterocycles. The lowest BCUT2D eigenvalue weighted by Gasteiger charge is -2.33. The molecule has 6 nitrogen and oxygen atoms in total. The number of nitrogens with zero attached hydrogens (tertiary/aromatic N) is 5. The van der Waals surface area contributed by atoms with Crippen molar-refractivity contribution < 1.29 is 0 Å². The van der Waals surface area contributed by atoms with Crippen LogP contribution in [0.1, 0.15) is 47.3 Å². The second kappa shape index (κ2) is 8.24. The fraction of sp³-hybridized carbons (Fsp3) is 0.391. The van der Waals surface area contributed by atoms with Gasteiger partial charge < -0.3 is 4.90 Å². The molecular weight excluding hydrogens is 424 g/mol. The molecule has 158 valence electrons. The molecule has 1 unspecified atom stereocenters. The number of nitrogens with one attached hydrogen (secondary N) is 1. The molecule has 1 aliphatic heterocycles. The number of hydrogen-bond donors (Lipinski definition) is 1. The Bertz CT molecular complexity index is 1190. The van der Waals surface area contributed by atoms with Gasteiger partial charge >= 0.3 is 0 Å². The van der Waals surface area contributed by atoms with E-state index < -0.39 is 0 Å². The van der Waals surface area contributed by atoms with E-state index in [0.29, 0.717) is 5.92 Å². The zero-order chi connectivity index (χ0) is 20.6. The first-order chi connectivity index (χ1) is 15.3. The smallest absolute Gasteiger partial charge is 0.142 e. The lowest BCUT2D eigenvalue weighted by Crippen LogP contribution is -2.35. The van der Waals surface area contributed by atoms with E-state index in [-0.39, 0.29) is 0 Å².